The van der Waals surface area contributed by atoms with Crippen LogP contribution in [0.25, 0.3) is 0 Å². The molecule has 1 N–H and O–H groups in total. The zero-order chi connectivity index (χ0) is 21.2. The molecule has 1 amide bonds. The monoisotopic (exact) mass is 538 g/mol. The molecule has 1 aliphatic heterocycles. The van der Waals surface area contributed by atoms with Crippen LogP contribution >= 0.6 is 50.7 Å². The fraction of sp³-hybridized carbons (Fsp3) is 0.316. The van der Waals surface area contributed by atoms with Gasteiger partial charge < -0.3 is 5.32 Å². The number of rotatable bonds is 5. The maximum atomic E-state index is 12.9. The summed E-state index contributed by atoms with van der Waals surface area (Å²) in [5.74, 6) is -0.908. The predicted molar refractivity (Wildman–Crippen MR) is 121 cm³/mol. The van der Waals surface area contributed by atoms with E-state index in [9.17, 15) is 13.2 Å². The van der Waals surface area contributed by atoms with Gasteiger partial charge in [-0.15, -0.1) is 0 Å². The van der Waals surface area contributed by atoms with Crippen molar-refractivity contribution in [1.82, 2.24) is 4.31 Å². The number of carbonyl (C=O) groups excluding carboxylic acids is 1. The van der Waals surface area contributed by atoms with Crippen LogP contribution < -0.4 is 5.32 Å². The lowest BCUT2D eigenvalue weighted by Crippen LogP contribution is -2.44. The van der Waals surface area contributed by atoms with E-state index in [-0.39, 0.29) is 18.2 Å². The van der Waals surface area contributed by atoms with E-state index < -0.39 is 15.9 Å². The second-order valence-electron chi connectivity index (χ2n) is 6.81. The molecule has 156 valence electrons. The van der Waals surface area contributed by atoms with Gasteiger partial charge in [0.2, 0.25) is 15.9 Å². The summed E-state index contributed by atoms with van der Waals surface area (Å²) in [6, 6.07) is 9.84. The molecule has 0 spiro atoms. The highest BCUT2D eigenvalue weighted by Gasteiger charge is 2.32. The smallest absolute Gasteiger partial charge is 0.228 e. The Hall–Kier alpha value is -0.830. The third kappa shape index (κ3) is 5.87. The molecule has 5 nitrogen and oxygen atoms in total. The maximum Gasteiger partial charge on any atom is 0.228 e. The number of nitrogens with zero attached hydrogens (tertiary/aromatic N) is 1. The molecule has 10 heteroatoms. The van der Waals surface area contributed by atoms with Gasteiger partial charge in [0.15, 0.2) is 0 Å². The molecule has 0 aliphatic carbocycles. The van der Waals surface area contributed by atoms with Crippen molar-refractivity contribution in [3.05, 3.63) is 61.5 Å². The molecule has 1 atom stereocenters. The molecule has 2 aromatic carbocycles. The zero-order valence-corrected chi connectivity index (χ0v) is 19.8. The second-order valence-corrected chi connectivity index (χ2v) is 10.9. The summed E-state index contributed by atoms with van der Waals surface area (Å²) in [6.45, 7) is 0.505. The Morgan fingerprint density at radius 3 is 2.59 bits per heavy atom. The summed E-state index contributed by atoms with van der Waals surface area (Å²) in [5, 5.41) is 4.05. The van der Waals surface area contributed by atoms with Gasteiger partial charge in [0, 0.05) is 33.3 Å². The van der Waals surface area contributed by atoms with Crippen LogP contribution in [0.2, 0.25) is 15.1 Å². The van der Waals surface area contributed by atoms with Gasteiger partial charge in [0.25, 0.3) is 0 Å². The van der Waals surface area contributed by atoms with Gasteiger partial charge in [-0.1, -0.05) is 40.9 Å². The summed E-state index contributed by atoms with van der Waals surface area (Å²) in [5.41, 5.74) is 1.04. The maximum absolute atomic E-state index is 12.9. The normalized spacial score (nSPS) is 17.9. The average molecular weight is 541 g/mol. The molecule has 1 unspecified atom stereocenters. The van der Waals surface area contributed by atoms with E-state index in [1.54, 1.807) is 30.3 Å². The molecule has 0 saturated carbocycles. The number of sulfonamides is 1. The van der Waals surface area contributed by atoms with Crippen LogP contribution in [0, 0.1) is 5.92 Å². The fourth-order valence-corrected chi connectivity index (χ4v) is 5.78. The van der Waals surface area contributed by atoms with Crippen molar-refractivity contribution >= 4 is 72.4 Å². The molecule has 1 saturated heterocycles. The van der Waals surface area contributed by atoms with Crippen molar-refractivity contribution in [3.8, 4) is 0 Å². The molecule has 3 rings (SSSR count). The van der Waals surface area contributed by atoms with Gasteiger partial charge in [-0.05, 0) is 64.7 Å². The molecule has 29 heavy (non-hydrogen) atoms. The minimum atomic E-state index is -3.62. The van der Waals surface area contributed by atoms with E-state index in [0.29, 0.717) is 45.7 Å². The number of hydrogen-bond acceptors (Lipinski definition) is 3. The van der Waals surface area contributed by atoms with E-state index in [1.165, 1.54) is 10.4 Å². The predicted octanol–water partition coefficient (Wildman–Crippen LogP) is 5.59. The number of piperidine rings is 1. The van der Waals surface area contributed by atoms with Crippen LogP contribution in [0.5, 0.6) is 0 Å². The first-order valence-corrected chi connectivity index (χ1v) is 12.4. The van der Waals surface area contributed by atoms with Crippen molar-refractivity contribution in [2.45, 2.75) is 18.6 Å². The molecule has 2 aromatic rings. The summed E-state index contributed by atoms with van der Waals surface area (Å²) >= 11 is 21.4. The SMILES string of the molecule is O=C(Nc1ccc(Br)c(Cl)c1)C1CCCN(S(=O)(=O)Cc2ccc(Cl)cc2Cl)C1. The number of anilines is 1. The number of nitrogens with one attached hydrogen (secondary N) is 1. The number of hydrogen-bond donors (Lipinski definition) is 1. The van der Waals surface area contributed by atoms with Gasteiger partial charge in [-0.2, -0.15) is 0 Å². The second kappa shape index (κ2) is 9.54. The van der Waals surface area contributed by atoms with Gasteiger partial charge in [-0.25, -0.2) is 12.7 Å². The Morgan fingerprint density at radius 1 is 1.14 bits per heavy atom. The highest BCUT2D eigenvalue weighted by Crippen LogP contribution is 2.28. The van der Waals surface area contributed by atoms with Crippen molar-refractivity contribution in [2.24, 2.45) is 5.92 Å². The van der Waals surface area contributed by atoms with Crippen LogP contribution in [0.1, 0.15) is 18.4 Å². The van der Waals surface area contributed by atoms with E-state index in [4.69, 9.17) is 34.8 Å². The molecule has 1 aliphatic rings. The zero-order valence-electron chi connectivity index (χ0n) is 15.2. The first-order valence-electron chi connectivity index (χ1n) is 8.83. The number of amides is 1. The summed E-state index contributed by atoms with van der Waals surface area (Å²) in [7, 11) is -3.62. The van der Waals surface area contributed by atoms with Crippen molar-refractivity contribution in [1.29, 1.82) is 0 Å². The van der Waals surface area contributed by atoms with Gasteiger partial charge >= 0.3 is 0 Å². The molecular formula is C19H18BrCl3N2O3S. The standard InChI is InChI=1S/C19H18BrCl3N2O3S/c20-16-6-5-15(9-18(16)23)24-19(26)12-2-1-7-25(10-12)29(27,28)11-13-3-4-14(21)8-17(13)22/h3-6,8-9,12H,1-2,7,10-11H2,(H,24,26). The molecule has 0 radical (unpaired) electrons. The highest BCUT2D eigenvalue weighted by molar-refractivity contribution is 9.10. The van der Waals surface area contributed by atoms with Gasteiger partial charge in [0.1, 0.15) is 0 Å². The molecule has 1 heterocycles. The third-order valence-electron chi connectivity index (χ3n) is 4.69. The summed E-state index contributed by atoms with van der Waals surface area (Å²) in [6.07, 6.45) is 1.22. The Morgan fingerprint density at radius 2 is 1.90 bits per heavy atom. The largest absolute Gasteiger partial charge is 0.326 e. The molecule has 1 fully saturated rings. The minimum Gasteiger partial charge on any atom is -0.326 e. The van der Waals surface area contributed by atoms with Crippen molar-refractivity contribution in [2.75, 3.05) is 18.4 Å². The number of halogens is 4. The van der Waals surface area contributed by atoms with Crippen LogP contribution in [0.4, 0.5) is 5.69 Å². The van der Waals surface area contributed by atoms with Crippen LogP contribution in [0.15, 0.2) is 40.9 Å². The fourth-order valence-electron chi connectivity index (χ4n) is 3.15. The van der Waals surface area contributed by atoms with Crippen molar-refractivity contribution < 1.29 is 13.2 Å². The summed E-state index contributed by atoms with van der Waals surface area (Å²) < 4.78 is 27.9. The number of benzene rings is 2. The topological polar surface area (TPSA) is 66.5 Å². The Balaban J connectivity index is 1.68. The lowest BCUT2D eigenvalue weighted by molar-refractivity contribution is -0.120. The lowest BCUT2D eigenvalue weighted by Gasteiger charge is -2.31. The number of carbonyl (C=O) groups is 1. The lowest BCUT2D eigenvalue weighted by atomic mass is 9.99. The molecular weight excluding hydrogens is 523 g/mol. The Kier molecular flexibility index (Phi) is 7.51. The van der Waals surface area contributed by atoms with Crippen LogP contribution in [0.3, 0.4) is 0 Å². The van der Waals surface area contributed by atoms with Crippen LogP contribution in [-0.4, -0.2) is 31.7 Å². The first-order chi connectivity index (χ1) is 13.7. The first kappa shape index (κ1) is 22.8. The van der Waals surface area contributed by atoms with Gasteiger partial charge in [0.05, 0.1) is 16.7 Å². The van der Waals surface area contributed by atoms with E-state index in [1.807, 2.05) is 0 Å². The molecule has 0 aromatic heterocycles. The van der Waals surface area contributed by atoms with Crippen molar-refractivity contribution in [3.63, 3.8) is 0 Å². The van der Waals surface area contributed by atoms with E-state index in [0.717, 1.165) is 4.47 Å². The highest BCUT2D eigenvalue weighted by atomic mass is 79.9. The van der Waals surface area contributed by atoms with Crippen LogP contribution in [-0.2, 0) is 20.6 Å². The van der Waals surface area contributed by atoms with E-state index >= 15 is 0 Å². The Bertz CT molecular complexity index is 1030. The average Bonchev–Trinajstić information content (AvgIpc) is 2.67. The molecule has 0 bridgehead atoms. The Labute approximate surface area is 193 Å². The summed E-state index contributed by atoms with van der Waals surface area (Å²) in [4.78, 5) is 12.7. The minimum absolute atomic E-state index is 0.129. The van der Waals surface area contributed by atoms with Gasteiger partial charge in [-0.3, -0.25) is 4.79 Å². The quantitative estimate of drug-likeness (QED) is 0.538. The van der Waals surface area contributed by atoms with E-state index in [2.05, 4.69) is 21.2 Å². The third-order valence-corrected chi connectivity index (χ3v) is 8.30.